The molecule has 1 fully saturated rings. The average Bonchev–Trinajstić information content (AvgIpc) is 2.67. The SMILES string of the molecule is CCn1nc(C)c(Cl)c1CC1CC(C(C)(C)C)CCC1Br. The number of nitrogens with zero attached hydrogens (tertiary/aromatic N) is 2. The molecular weight excluding hydrogens is 348 g/mol. The second kappa shape index (κ2) is 6.62. The van der Waals surface area contributed by atoms with Crippen LogP contribution in [0.4, 0.5) is 0 Å². The van der Waals surface area contributed by atoms with Crippen LogP contribution in [-0.2, 0) is 13.0 Å². The van der Waals surface area contributed by atoms with Gasteiger partial charge in [-0.3, -0.25) is 4.68 Å². The molecule has 1 aliphatic rings. The number of aryl methyl sites for hydroxylation is 2. The molecule has 0 radical (unpaired) electrons. The highest BCUT2D eigenvalue weighted by Crippen LogP contribution is 2.44. The molecule has 3 atom stereocenters. The molecule has 4 heteroatoms. The summed E-state index contributed by atoms with van der Waals surface area (Å²) >= 11 is 10.4. The molecule has 0 aliphatic heterocycles. The number of halogens is 2. The van der Waals surface area contributed by atoms with E-state index in [1.807, 2.05) is 6.92 Å². The standard InChI is InChI=1S/C17H28BrClN2/c1-6-21-15(16(19)11(2)20-21)10-12-9-13(17(3,4)5)7-8-14(12)18/h12-14H,6-10H2,1-5H3. The minimum absolute atomic E-state index is 0.399. The summed E-state index contributed by atoms with van der Waals surface area (Å²) in [6.07, 6.45) is 4.92. The Hall–Kier alpha value is -0.0200. The molecule has 1 aromatic heterocycles. The van der Waals surface area contributed by atoms with Crippen LogP contribution in [0, 0.1) is 24.2 Å². The average molecular weight is 376 g/mol. The molecule has 1 heterocycles. The maximum atomic E-state index is 6.49. The fourth-order valence-corrected chi connectivity index (χ4v) is 4.42. The number of hydrogen-bond donors (Lipinski definition) is 0. The molecule has 120 valence electrons. The van der Waals surface area contributed by atoms with Gasteiger partial charge in [0.1, 0.15) is 0 Å². The van der Waals surface area contributed by atoms with Gasteiger partial charge in [0.05, 0.1) is 16.4 Å². The first-order valence-corrected chi connectivity index (χ1v) is 9.39. The summed E-state index contributed by atoms with van der Waals surface area (Å²) in [6, 6.07) is 0. The summed E-state index contributed by atoms with van der Waals surface area (Å²) in [6.45, 7) is 12.1. The molecule has 0 aromatic carbocycles. The Labute approximate surface area is 142 Å². The zero-order chi connectivity index (χ0) is 15.8. The van der Waals surface area contributed by atoms with Gasteiger partial charge in [-0.25, -0.2) is 0 Å². The highest BCUT2D eigenvalue weighted by Gasteiger charge is 2.35. The first-order chi connectivity index (χ1) is 9.74. The van der Waals surface area contributed by atoms with Crippen LogP contribution in [0.25, 0.3) is 0 Å². The number of rotatable bonds is 3. The van der Waals surface area contributed by atoms with E-state index in [0.717, 1.165) is 29.6 Å². The lowest BCUT2D eigenvalue weighted by molar-refractivity contribution is 0.145. The third kappa shape index (κ3) is 3.85. The Bertz CT molecular complexity index is 490. The van der Waals surface area contributed by atoms with Crippen LogP contribution in [0.1, 0.15) is 58.3 Å². The Morgan fingerprint density at radius 3 is 2.57 bits per heavy atom. The van der Waals surface area contributed by atoms with Crippen LogP contribution >= 0.6 is 27.5 Å². The van der Waals surface area contributed by atoms with E-state index < -0.39 is 0 Å². The molecule has 1 aliphatic carbocycles. The van der Waals surface area contributed by atoms with E-state index in [0.29, 0.717) is 16.2 Å². The molecule has 2 rings (SSSR count). The van der Waals surface area contributed by atoms with Crippen LogP contribution in [0.5, 0.6) is 0 Å². The Balaban J connectivity index is 2.17. The zero-order valence-corrected chi connectivity index (χ0v) is 16.3. The van der Waals surface area contributed by atoms with Crippen LogP contribution in [0.15, 0.2) is 0 Å². The van der Waals surface area contributed by atoms with Crippen molar-refractivity contribution < 1.29 is 0 Å². The van der Waals surface area contributed by atoms with Crippen molar-refractivity contribution in [3.8, 4) is 0 Å². The monoisotopic (exact) mass is 374 g/mol. The van der Waals surface area contributed by atoms with Gasteiger partial charge in [0.25, 0.3) is 0 Å². The van der Waals surface area contributed by atoms with Gasteiger partial charge in [0.2, 0.25) is 0 Å². The molecule has 1 aromatic rings. The predicted octanol–water partition coefficient (Wildman–Crippen LogP) is 5.63. The lowest BCUT2D eigenvalue weighted by atomic mass is 9.68. The zero-order valence-electron chi connectivity index (χ0n) is 13.9. The summed E-state index contributed by atoms with van der Waals surface area (Å²) in [5.41, 5.74) is 2.58. The quantitative estimate of drug-likeness (QED) is 0.626. The molecule has 1 saturated carbocycles. The van der Waals surface area contributed by atoms with Crippen molar-refractivity contribution in [2.24, 2.45) is 17.3 Å². The fraction of sp³-hybridized carbons (Fsp3) is 0.824. The van der Waals surface area contributed by atoms with E-state index in [1.54, 1.807) is 0 Å². The second-order valence-corrected chi connectivity index (χ2v) is 9.07. The van der Waals surface area contributed by atoms with Gasteiger partial charge < -0.3 is 0 Å². The van der Waals surface area contributed by atoms with Gasteiger partial charge in [-0.15, -0.1) is 0 Å². The summed E-state index contributed by atoms with van der Waals surface area (Å²) in [4.78, 5) is 0.604. The number of aromatic nitrogens is 2. The third-order valence-electron chi connectivity index (χ3n) is 5.02. The Kier molecular flexibility index (Phi) is 5.46. The third-order valence-corrected chi connectivity index (χ3v) is 6.72. The van der Waals surface area contributed by atoms with Gasteiger partial charge in [-0.1, -0.05) is 48.3 Å². The minimum Gasteiger partial charge on any atom is -0.268 e. The Morgan fingerprint density at radius 2 is 2.00 bits per heavy atom. The molecule has 3 unspecified atom stereocenters. The van der Waals surface area contributed by atoms with Crippen molar-refractivity contribution in [2.45, 2.75) is 71.7 Å². The molecule has 0 amide bonds. The molecule has 0 N–H and O–H groups in total. The first-order valence-electron chi connectivity index (χ1n) is 8.09. The van der Waals surface area contributed by atoms with Gasteiger partial charge in [-0.2, -0.15) is 5.10 Å². The normalized spacial score (nSPS) is 27.1. The lowest BCUT2D eigenvalue weighted by Gasteiger charge is -2.40. The molecule has 0 spiro atoms. The second-order valence-electron chi connectivity index (χ2n) is 7.52. The van der Waals surface area contributed by atoms with E-state index >= 15 is 0 Å². The van der Waals surface area contributed by atoms with Crippen molar-refractivity contribution in [3.63, 3.8) is 0 Å². The molecule has 0 bridgehead atoms. The molecule has 0 saturated heterocycles. The van der Waals surface area contributed by atoms with Gasteiger partial charge in [0, 0.05) is 11.4 Å². The summed E-state index contributed by atoms with van der Waals surface area (Å²) in [5.74, 6) is 1.45. The smallest absolute Gasteiger partial charge is 0.0847 e. The summed E-state index contributed by atoms with van der Waals surface area (Å²) in [5, 5.41) is 5.43. The summed E-state index contributed by atoms with van der Waals surface area (Å²) in [7, 11) is 0. The van der Waals surface area contributed by atoms with Crippen molar-refractivity contribution in [3.05, 3.63) is 16.4 Å². The van der Waals surface area contributed by atoms with Crippen molar-refractivity contribution in [2.75, 3.05) is 0 Å². The van der Waals surface area contributed by atoms with Crippen LogP contribution in [0.2, 0.25) is 5.02 Å². The maximum absolute atomic E-state index is 6.49. The lowest BCUT2D eigenvalue weighted by Crippen LogP contribution is -2.33. The Morgan fingerprint density at radius 1 is 1.33 bits per heavy atom. The largest absolute Gasteiger partial charge is 0.268 e. The highest BCUT2D eigenvalue weighted by atomic mass is 79.9. The van der Waals surface area contributed by atoms with Gasteiger partial charge in [-0.05, 0) is 56.8 Å². The van der Waals surface area contributed by atoms with Crippen molar-refractivity contribution in [1.82, 2.24) is 9.78 Å². The minimum atomic E-state index is 0.399. The number of alkyl halides is 1. The fourth-order valence-electron chi connectivity index (χ4n) is 3.54. The van der Waals surface area contributed by atoms with Gasteiger partial charge in [0.15, 0.2) is 0 Å². The summed E-state index contributed by atoms with van der Waals surface area (Å²) < 4.78 is 2.08. The van der Waals surface area contributed by atoms with E-state index in [9.17, 15) is 0 Å². The van der Waals surface area contributed by atoms with Gasteiger partial charge >= 0.3 is 0 Å². The topological polar surface area (TPSA) is 17.8 Å². The van der Waals surface area contributed by atoms with E-state index in [1.165, 1.54) is 25.0 Å². The van der Waals surface area contributed by atoms with E-state index in [-0.39, 0.29) is 0 Å². The van der Waals surface area contributed by atoms with Crippen molar-refractivity contribution >= 4 is 27.5 Å². The molecule has 2 nitrogen and oxygen atoms in total. The number of hydrogen-bond acceptors (Lipinski definition) is 1. The van der Waals surface area contributed by atoms with Crippen LogP contribution < -0.4 is 0 Å². The predicted molar refractivity (Wildman–Crippen MR) is 94.4 cm³/mol. The van der Waals surface area contributed by atoms with E-state index in [4.69, 9.17) is 11.6 Å². The van der Waals surface area contributed by atoms with Crippen LogP contribution in [-0.4, -0.2) is 14.6 Å². The van der Waals surface area contributed by atoms with Crippen LogP contribution in [0.3, 0.4) is 0 Å². The maximum Gasteiger partial charge on any atom is 0.0847 e. The highest BCUT2D eigenvalue weighted by molar-refractivity contribution is 9.09. The molecular formula is C17H28BrClN2. The van der Waals surface area contributed by atoms with E-state index in [2.05, 4.69) is 53.4 Å². The van der Waals surface area contributed by atoms with Crippen molar-refractivity contribution in [1.29, 1.82) is 0 Å². The molecule has 21 heavy (non-hydrogen) atoms. The first kappa shape index (κ1) is 17.3.